The van der Waals surface area contributed by atoms with Gasteiger partial charge in [0.1, 0.15) is 28.7 Å². The summed E-state index contributed by atoms with van der Waals surface area (Å²) in [5.41, 5.74) is 1.80. The normalized spacial score (nSPS) is 21.5. The first-order valence-electron chi connectivity index (χ1n) is 49.6. The van der Waals surface area contributed by atoms with E-state index >= 15 is 0 Å². The molecule has 758 valence electrons. The molecule has 0 aliphatic carbocycles. The number of amides is 13. The number of nitrogens with one attached hydrogen (secondary N) is 13. The predicted molar refractivity (Wildman–Crippen MR) is 527 cm³/mol. The number of nitrogens with zero attached hydrogens (tertiary/aromatic N) is 2. The fourth-order valence-corrected chi connectivity index (χ4v) is 24.1. The molecular weight excluding hydrogens is 1820 g/mol. The molecule has 10 rings (SSSR count). The van der Waals surface area contributed by atoms with Crippen molar-refractivity contribution in [2.24, 2.45) is 0 Å². The van der Waals surface area contributed by atoms with E-state index in [0.717, 1.165) is 163 Å². The molecule has 136 heavy (non-hydrogen) atoms. The maximum atomic E-state index is 13.3. The van der Waals surface area contributed by atoms with Gasteiger partial charge in [0.2, 0.25) is 23.6 Å². The van der Waals surface area contributed by atoms with Crippen LogP contribution in [0, 0.1) is 0 Å². The van der Waals surface area contributed by atoms with Gasteiger partial charge in [-0.1, -0.05) is 75.6 Å². The molecule has 8 saturated heterocycles. The van der Waals surface area contributed by atoms with E-state index in [4.69, 9.17) is 18.9 Å². The first-order valence-corrected chi connectivity index (χ1v) is 53.8. The maximum Gasteiger partial charge on any atom is 0.335 e. The second-order valence-electron chi connectivity index (χ2n) is 37.7. The van der Waals surface area contributed by atoms with Crippen molar-refractivity contribution in [3.8, 4) is 0 Å². The Morgan fingerprint density at radius 2 is 0.625 bits per heavy atom. The molecule has 35 nitrogen and oxygen atoms in total. The van der Waals surface area contributed by atoms with Crippen LogP contribution in [0.2, 0.25) is 0 Å². The Balaban J connectivity index is 0.000000316. The van der Waals surface area contributed by atoms with Crippen molar-refractivity contribution in [1.82, 2.24) is 78.9 Å². The molecule has 14 N–H and O–H groups in total. The number of carboxylic acids is 1. The molecule has 8 heterocycles. The van der Waals surface area contributed by atoms with Crippen LogP contribution in [0.4, 0.5) is 19.2 Å². The summed E-state index contributed by atoms with van der Waals surface area (Å²) >= 11 is 7.53. The number of Topliss-reactive ketones (excluding diaryl/α,β-unsaturated/α-hetero) is 4. The third-order valence-electron chi connectivity index (χ3n) is 25.1. The summed E-state index contributed by atoms with van der Waals surface area (Å²) < 4.78 is 21.7. The van der Waals surface area contributed by atoms with E-state index in [0.29, 0.717) is 182 Å². The highest BCUT2D eigenvalue weighted by molar-refractivity contribution is 8.01. The highest BCUT2D eigenvalue weighted by Crippen LogP contribution is 2.37. The van der Waals surface area contributed by atoms with Gasteiger partial charge in [0.15, 0.2) is 0 Å². The van der Waals surface area contributed by atoms with Gasteiger partial charge in [-0.25, -0.2) is 24.0 Å². The molecule has 2 aromatic rings. The Kier molecular flexibility index (Phi) is 50.7. The number of carbonyl (C=O) groups excluding carboxylic acids is 14. The van der Waals surface area contributed by atoms with Crippen LogP contribution in [0.3, 0.4) is 0 Å². The van der Waals surface area contributed by atoms with Gasteiger partial charge in [-0.3, -0.25) is 57.7 Å². The van der Waals surface area contributed by atoms with Gasteiger partial charge >= 0.3 is 36.1 Å². The van der Waals surface area contributed by atoms with Crippen molar-refractivity contribution >= 4 is 136 Å². The summed E-state index contributed by atoms with van der Waals surface area (Å²) in [5, 5.41) is 49.5. The Bertz CT molecular complexity index is 3970. The number of fused-ring (bicyclic) bond motifs is 4. The van der Waals surface area contributed by atoms with Crippen LogP contribution in [0.25, 0.3) is 0 Å². The molecule has 12 unspecified atom stereocenters. The number of urea groups is 4. The number of benzene rings is 2. The van der Waals surface area contributed by atoms with Gasteiger partial charge in [-0.2, -0.15) is 47.0 Å². The molecule has 39 heteroatoms. The van der Waals surface area contributed by atoms with Gasteiger partial charge in [0.25, 0.3) is 5.91 Å². The minimum Gasteiger partial charge on any atom is -0.478 e. The Morgan fingerprint density at radius 1 is 0.338 bits per heavy atom. The molecule has 8 aliphatic rings. The number of rotatable bonds is 70. The van der Waals surface area contributed by atoms with Crippen molar-refractivity contribution in [1.29, 1.82) is 0 Å². The summed E-state index contributed by atoms with van der Waals surface area (Å²) in [6.45, 7) is 11.1. The lowest BCUT2D eigenvalue weighted by Crippen LogP contribution is -2.36. The van der Waals surface area contributed by atoms with Crippen molar-refractivity contribution in [3.63, 3.8) is 0 Å². The van der Waals surface area contributed by atoms with Crippen molar-refractivity contribution in [3.05, 3.63) is 70.8 Å². The van der Waals surface area contributed by atoms with E-state index in [9.17, 15) is 77.0 Å². The Morgan fingerprint density at radius 3 is 0.926 bits per heavy atom. The van der Waals surface area contributed by atoms with Gasteiger partial charge < -0.3 is 93.2 Å². The van der Waals surface area contributed by atoms with E-state index in [2.05, 4.69) is 69.1 Å². The molecular formula is C97H151N15O20S4. The number of hydrogen-bond acceptors (Lipinski definition) is 25. The van der Waals surface area contributed by atoms with Crippen LogP contribution in [0.15, 0.2) is 48.5 Å². The molecule has 8 aliphatic heterocycles. The fourth-order valence-electron chi connectivity index (χ4n) is 18.0. The monoisotopic (exact) mass is 1970 g/mol. The van der Waals surface area contributed by atoms with Crippen LogP contribution >= 0.6 is 47.0 Å². The van der Waals surface area contributed by atoms with Gasteiger partial charge in [0.05, 0.1) is 126 Å². The number of esters is 1. The third-order valence-corrected chi connectivity index (χ3v) is 31.2. The van der Waals surface area contributed by atoms with Crippen molar-refractivity contribution in [2.75, 3.05) is 122 Å². The smallest absolute Gasteiger partial charge is 0.335 e. The number of thioether (sulfide) groups is 4. The topological polar surface area (TPSA) is 476 Å². The van der Waals surface area contributed by atoms with Crippen molar-refractivity contribution < 1.29 is 96.0 Å². The Labute approximate surface area is 818 Å². The zero-order valence-corrected chi connectivity index (χ0v) is 83.2. The molecule has 0 aromatic heterocycles. The highest BCUT2D eigenvalue weighted by Gasteiger charge is 2.46. The van der Waals surface area contributed by atoms with Gasteiger partial charge in [-0.05, 0) is 159 Å². The number of ketones is 4. The average Bonchev–Trinajstić information content (AvgIpc) is 1.68. The summed E-state index contributed by atoms with van der Waals surface area (Å²) in [5.74, 6) is 2.41. The zero-order valence-electron chi connectivity index (χ0n) is 80.0. The molecule has 8 fully saturated rings. The average molecular weight is 1980 g/mol. The number of aromatic carboxylic acids is 1. The lowest BCUT2D eigenvalue weighted by molar-refractivity contribution is -0.156. The van der Waals surface area contributed by atoms with Crippen LogP contribution in [-0.2, 0) is 75.2 Å². The van der Waals surface area contributed by atoms with E-state index in [1.165, 1.54) is 12.1 Å². The standard InChI is InChI=1S/C55H88N8O12S2.C42H63N7O8S2/c1-55(2,3)75-49(68)24-28-72-30-32-74-33-31-73-29-27-58-52(69)40-22-20-39(21-23-40)34-63(35-41(64)14-6-4-12-25-56-47(66)18-10-8-16-45-50-43(37-76-45)59-53(70)61-50)36-42(65)15-7-5-13-26-57-48(67)19-11-9-17-46-51-44(38-77-46)60-54(71)62-51;50-30(11-3-1-9-21-43-36(52)15-7-5-13-34-38-32(26-58-34)45-41(56)47-38)24-49(23-28-17-19-29(20-18-28)40(54)55)25-31(51)12-4-2-10-22-44-37(53)16-8-6-14-35-39-33(27-59-35)46-42(57)48-39/h20-23,43-46,50-51H,4-19,24-38H2,1-3H3,(H,56,66)(H,57,67)(H,58,69)(H2,59,61,70)(H2,60,62,71);17-20,32-35,38-39H,1-16,21-27H2,(H,43,52)(H,44,53)(H,54,55)(H2,45,47,56)(H2,46,48,57). The predicted octanol–water partition coefficient (Wildman–Crippen LogP) is 9.07. The molecule has 0 radical (unpaired) electrons. The lowest BCUT2D eigenvalue weighted by Gasteiger charge is -2.21. The summed E-state index contributed by atoms with van der Waals surface area (Å²) in [7, 11) is 0. The SMILES string of the molecule is CC(C)(C)OC(=O)CCOCCOCCOCCNC(=O)c1ccc(CN(CC(=O)CCCCCNC(=O)CCCCC2SCC3NC(=O)NC32)CC(=O)CCCCCNC(=O)CCCCC2SCC3NC(=O)NC32)cc1.O=C(CCCCCNC(=O)CCCCC1SCC2NC(=O)NC21)CN(CC(=O)CCCCCNC(=O)CCCCC1SCC2NC(=O)NC21)Cc1ccc(C(=O)O)cc1. The number of carbonyl (C=O) groups is 15. The van der Waals surface area contributed by atoms with E-state index in [-0.39, 0.29) is 176 Å². The molecule has 2 aromatic carbocycles. The van der Waals surface area contributed by atoms with Crippen LogP contribution < -0.4 is 69.1 Å². The second-order valence-corrected chi connectivity index (χ2v) is 42.8. The minimum absolute atomic E-state index is 0.0303. The number of unbranched alkanes of at least 4 members (excludes halogenated alkanes) is 12. The molecule has 13 amide bonds. The Hall–Kier alpha value is -8.31. The fraction of sp³-hybridized carbons (Fsp3) is 0.722. The van der Waals surface area contributed by atoms with Crippen LogP contribution in [0.1, 0.15) is 265 Å². The quantitative estimate of drug-likeness (QED) is 0.0167. The summed E-state index contributed by atoms with van der Waals surface area (Å²) in [6, 6.07) is 14.8. The second kappa shape index (κ2) is 62.0. The summed E-state index contributed by atoms with van der Waals surface area (Å²) in [4.78, 5) is 188. The number of ether oxygens (including phenoxy) is 4. The lowest BCUT2D eigenvalue weighted by atomic mass is 10.0. The molecule has 0 saturated carbocycles. The first-order chi connectivity index (χ1) is 65.6. The zero-order chi connectivity index (χ0) is 97.2. The van der Waals surface area contributed by atoms with E-state index in [1.807, 2.05) is 89.8 Å². The number of carboxylic acid groups (broad SMARTS) is 1. The van der Waals surface area contributed by atoms with Gasteiger partial charge in [0, 0.05) is 147 Å². The van der Waals surface area contributed by atoms with Gasteiger partial charge in [-0.15, -0.1) is 0 Å². The highest BCUT2D eigenvalue weighted by atomic mass is 32.2. The van der Waals surface area contributed by atoms with Crippen LogP contribution in [0.5, 0.6) is 0 Å². The molecule has 0 bridgehead atoms. The van der Waals surface area contributed by atoms with Crippen LogP contribution in [-0.4, -0.2) is 300 Å². The molecule has 12 atom stereocenters. The van der Waals surface area contributed by atoms with E-state index < -0.39 is 11.6 Å². The largest absolute Gasteiger partial charge is 0.478 e. The molecule has 0 spiro atoms. The number of hydrogen-bond donors (Lipinski definition) is 14. The van der Waals surface area contributed by atoms with E-state index in [1.54, 1.807) is 24.3 Å². The summed E-state index contributed by atoms with van der Waals surface area (Å²) in [6.07, 6.45) is 23.4. The maximum absolute atomic E-state index is 13.3. The third kappa shape index (κ3) is 43.6. The van der Waals surface area contributed by atoms with Crippen molar-refractivity contribution in [2.45, 2.75) is 321 Å². The minimum atomic E-state index is -1.02. The first kappa shape index (κ1) is 111.